The summed E-state index contributed by atoms with van der Waals surface area (Å²) in [6.45, 7) is 5.72. The van der Waals surface area contributed by atoms with Crippen molar-refractivity contribution in [1.29, 1.82) is 0 Å². The minimum absolute atomic E-state index is 0.0754. The molecule has 0 radical (unpaired) electrons. The zero-order valence-corrected chi connectivity index (χ0v) is 16.0. The molecule has 0 amide bonds. The lowest BCUT2D eigenvalue weighted by molar-refractivity contribution is 0.0696. The molecule has 4 nitrogen and oxygen atoms in total. The van der Waals surface area contributed by atoms with Crippen LogP contribution in [0.3, 0.4) is 0 Å². The highest BCUT2D eigenvalue weighted by Gasteiger charge is 2.22. The van der Waals surface area contributed by atoms with E-state index in [9.17, 15) is 14.7 Å². The van der Waals surface area contributed by atoms with Crippen LogP contribution in [0.2, 0.25) is 0 Å². The van der Waals surface area contributed by atoms with Crippen molar-refractivity contribution < 1.29 is 14.7 Å². The Bertz CT molecular complexity index is 986. The van der Waals surface area contributed by atoms with Crippen LogP contribution in [0.25, 0.3) is 10.9 Å². The second-order valence-electron chi connectivity index (χ2n) is 7.16. The second-order valence-corrected chi connectivity index (χ2v) is 7.16. The van der Waals surface area contributed by atoms with Crippen LogP contribution in [0.15, 0.2) is 42.5 Å². The number of benzene rings is 2. The summed E-state index contributed by atoms with van der Waals surface area (Å²) in [7, 11) is 0. The predicted molar refractivity (Wildman–Crippen MR) is 108 cm³/mol. The standard InChI is InChI=1S/C23H25NO3/c1-4-14(2)22(25)21-17(11-10-16-8-6-5-7-9-16)19-13-18(23(26)27)15(3)12-20(19)24-21/h5-9,12-14,24H,4,10-11H2,1-3H3,(H,26,27). The van der Waals surface area contributed by atoms with Gasteiger partial charge < -0.3 is 10.1 Å². The van der Waals surface area contributed by atoms with Crippen molar-refractivity contribution >= 4 is 22.7 Å². The van der Waals surface area contributed by atoms with Gasteiger partial charge in [-0.25, -0.2) is 4.79 Å². The number of H-pyrrole nitrogens is 1. The monoisotopic (exact) mass is 363 g/mol. The summed E-state index contributed by atoms with van der Waals surface area (Å²) < 4.78 is 0. The lowest BCUT2D eigenvalue weighted by atomic mass is 9.94. The maximum absolute atomic E-state index is 12.9. The molecular formula is C23H25NO3. The van der Waals surface area contributed by atoms with Gasteiger partial charge in [-0.05, 0) is 55.0 Å². The molecule has 4 heteroatoms. The first kappa shape index (κ1) is 18.9. The van der Waals surface area contributed by atoms with E-state index in [1.807, 2.05) is 38.1 Å². The van der Waals surface area contributed by atoms with E-state index in [2.05, 4.69) is 17.1 Å². The molecule has 0 spiro atoms. The smallest absolute Gasteiger partial charge is 0.335 e. The fraction of sp³-hybridized carbons (Fsp3) is 0.304. The van der Waals surface area contributed by atoms with Crippen LogP contribution in [0, 0.1) is 12.8 Å². The summed E-state index contributed by atoms with van der Waals surface area (Å²) in [4.78, 5) is 27.8. The molecule has 1 atom stereocenters. The molecule has 3 aromatic rings. The van der Waals surface area contributed by atoms with E-state index in [0.29, 0.717) is 17.7 Å². The normalized spacial score (nSPS) is 12.3. The second kappa shape index (κ2) is 7.78. The number of ketones is 1. The van der Waals surface area contributed by atoms with Crippen LogP contribution in [-0.4, -0.2) is 21.8 Å². The van der Waals surface area contributed by atoms with Gasteiger partial charge in [0.2, 0.25) is 0 Å². The largest absolute Gasteiger partial charge is 0.478 e. The van der Waals surface area contributed by atoms with Crippen LogP contribution in [0.1, 0.15) is 57.8 Å². The van der Waals surface area contributed by atoms with Gasteiger partial charge in [-0.15, -0.1) is 0 Å². The van der Waals surface area contributed by atoms with Gasteiger partial charge in [0.15, 0.2) is 5.78 Å². The number of hydrogen-bond donors (Lipinski definition) is 2. The molecule has 140 valence electrons. The number of aromatic carboxylic acids is 1. The Morgan fingerprint density at radius 1 is 1.11 bits per heavy atom. The van der Waals surface area contributed by atoms with Gasteiger partial charge in [0, 0.05) is 16.8 Å². The number of rotatable bonds is 7. The number of carboxylic acids is 1. The molecule has 0 saturated carbocycles. The molecule has 1 aromatic heterocycles. The van der Waals surface area contributed by atoms with Crippen molar-refractivity contribution in [3.8, 4) is 0 Å². The Morgan fingerprint density at radius 3 is 2.44 bits per heavy atom. The van der Waals surface area contributed by atoms with E-state index in [4.69, 9.17) is 0 Å². The van der Waals surface area contributed by atoms with Crippen LogP contribution in [0.4, 0.5) is 0 Å². The van der Waals surface area contributed by atoms with Gasteiger partial charge in [-0.3, -0.25) is 4.79 Å². The molecule has 2 aromatic carbocycles. The average Bonchev–Trinajstić information content (AvgIpc) is 3.02. The molecule has 0 aliphatic carbocycles. The van der Waals surface area contributed by atoms with E-state index in [1.165, 1.54) is 5.56 Å². The molecule has 0 aliphatic heterocycles. The minimum Gasteiger partial charge on any atom is -0.478 e. The summed E-state index contributed by atoms with van der Waals surface area (Å²) >= 11 is 0. The summed E-state index contributed by atoms with van der Waals surface area (Å²) in [5, 5.41) is 10.3. The number of carbonyl (C=O) groups is 2. The average molecular weight is 363 g/mol. The number of carbonyl (C=O) groups excluding carboxylic acids is 1. The third-order valence-electron chi connectivity index (χ3n) is 5.29. The number of nitrogens with one attached hydrogen (secondary N) is 1. The van der Waals surface area contributed by atoms with Gasteiger partial charge in [0.05, 0.1) is 11.3 Å². The van der Waals surface area contributed by atoms with Crippen molar-refractivity contribution in [2.75, 3.05) is 0 Å². The Labute approximate surface area is 159 Å². The number of hydrogen-bond acceptors (Lipinski definition) is 2. The molecule has 0 aliphatic rings. The molecule has 0 fully saturated rings. The lowest BCUT2D eigenvalue weighted by Gasteiger charge is -2.09. The molecule has 3 rings (SSSR count). The predicted octanol–water partition coefficient (Wildman–Crippen LogP) is 5.19. The summed E-state index contributed by atoms with van der Waals surface area (Å²) in [6.07, 6.45) is 2.25. The van der Waals surface area contributed by atoms with Crippen molar-refractivity contribution in [2.24, 2.45) is 5.92 Å². The lowest BCUT2D eigenvalue weighted by Crippen LogP contribution is -2.13. The zero-order valence-electron chi connectivity index (χ0n) is 16.0. The van der Waals surface area contributed by atoms with Gasteiger partial charge in [0.1, 0.15) is 0 Å². The van der Waals surface area contributed by atoms with Crippen molar-refractivity contribution in [3.63, 3.8) is 0 Å². The van der Waals surface area contributed by atoms with Crippen LogP contribution >= 0.6 is 0 Å². The Kier molecular flexibility index (Phi) is 5.45. The number of aryl methyl sites for hydroxylation is 3. The molecule has 27 heavy (non-hydrogen) atoms. The minimum atomic E-state index is -0.945. The maximum Gasteiger partial charge on any atom is 0.335 e. The number of aromatic amines is 1. The summed E-state index contributed by atoms with van der Waals surface area (Å²) in [5.41, 5.74) is 4.53. The van der Waals surface area contributed by atoms with Crippen LogP contribution in [-0.2, 0) is 12.8 Å². The van der Waals surface area contributed by atoms with E-state index in [1.54, 1.807) is 13.0 Å². The first-order chi connectivity index (χ1) is 12.9. The van der Waals surface area contributed by atoms with Crippen molar-refractivity contribution in [1.82, 2.24) is 4.98 Å². The van der Waals surface area contributed by atoms with E-state index < -0.39 is 5.97 Å². The Morgan fingerprint density at radius 2 is 1.81 bits per heavy atom. The van der Waals surface area contributed by atoms with E-state index in [0.717, 1.165) is 29.3 Å². The maximum atomic E-state index is 12.9. The Hall–Kier alpha value is -2.88. The highest BCUT2D eigenvalue weighted by Crippen LogP contribution is 2.29. The summed E-state index contributed by atoms with van der Waals surface area (Å²) in [5.74, 6) is -0.931. The van der Waals surface area contributed by atoms with Crippen LogP contribution < -0.4 is 0 Å². The van der Waals surface area contributed by atoms with Crippen molar-refractivity contribution in [3.05, 3.63) is 70.4 Å². The molecule has 2 N–H and O–H groups in total. The Balaban J connectivity index is 2.11. The quantitative estimate of drug-likeness (QED) is 0.568. The first-order valence-electron chi connectivity index (χ1n) is 9.39. The number of Topliss-reactive ketones (excluding diaryl/α,β-unsaturated/α-hetero) is 1. The van der Waals surface area contributed by atoms with Gasteiger partial charge >= 0.3 is 5.97 Å². The van der Waals surface area contributed by atoms with E-state index >= 15 is 0 Å². The topological polar surface area (TPSA) is 70.2 Å². The number of fused-ring (bicyclic) bond motifs is 1. The van der Waals surface area contributed by atoms with Gasteiger partial charge in [0.25, 0.3) is 0 Å². The van der Waals surface area contributed by atoms with E-state index in [-0.39, 0.29) is 17.3 Å². The highest BCUT2D eigenvalue weighted by molar-refractivity contribution is 6.05. The molecule has 1 unspecified atom stereocenters. The molecule has 0 saturated heterocycles. The van der Waals surface area contributed by atoms with Crippen LogP contribution in [0.5, 0.6) is 0 Å². The summed E-state index contributed by atoms with van der Waals surface area (Å²) in [6, 6.07) is 13.7. The fourth-order valence-corrected chi connectivity index (χ4v) is 3.45. The first-order valence-corrected chi connectivity index (χ1v) is 9.39. The molecule has 0 bridgehead atoms. The molecule has 1 heterocycles. The molecular weight excluding hydrogens is 338 g/mol. The van der Waals surface area contributed by atoms with Gasteiger partial charge in [-0.1, -0.05) is 44.2 Å². The highest BCUT2D eigenvalue weighted by atomic mass is 16.4. The fourth-order valence-electron chi connectivity index (χ4n) is 3.45. The number of aromatic nitrogens is 1. The zero-order chi connectivity index (χ0) is 19.6. The SMILES string of the molecule is CCC(C)C(=O)c1[nH]c2cc(C)c(C(=O)O)cc2c1CCc1ccccc1. The van der Waals surface area contributed by atoms with Crippen molar-refractivity contribution in [2.45, 2.75) is 40.0 Å². The third-order valence-corrected chi connectivity index (χ3v) is 5.29. The number of carboxylic acid groups (broad SMARTS) is 1. The van der Waals surface area contributed by atoms with Gasteiger partial charge in [-0.2, -0.15) is 0 Å². The third kappa shape index (κ3) is 3.80.